The maximum Gasteiger partial charge on any atom is 0.115 e. The third-order valence-corrected chi connectivity index (χ3v) is 3.21. The van der Waals surface area contributed by atoms with Gasteiger partial charge >= 0.3 is 0 Å². The summed E-state index contributed by atoms with van der Waals surface area (Å²) in [7, 11) is 0. The predicted molar refractivity (Wildman–Crippen MR) is 74.9 cm³/mol. The van der Waals surface area contributed by atoms with E-state index < -0.39 is 0 Å². The van der Waals surface area contributed by atoms with Crippen molar-refractivity contribution in [3.63, 3.8) is 0 Å². The van der Waals surface area contributed by atoms with Crippen LogP contribution in [0.2, 0.25) is 0 Å². The molecule has 3 aromatic rings. The van der Waals surface area contributed by atoms with Crippen LogP contribution in [0.1, 0.15) is 11.1 Å². The van der Waals surface area contributed by atoms with E-state index in [1.165, 1.54) is 21.9 Å². The number of phenolic OH excluding ortho intramolecular Hbond substituents is 1. The number of hydrogen-bond acceptors (Lipinski definition) is 1. The van der Waals surface area contributed by atoms with Gasteiger partial charge in [0.1, 0.15) is 5.75 Å². The van der Waals surface area contributed by atoms with Crippen LogP contribution in [0.25, 0.3) is 10.8 Å². The van der Waals surface area contributed by atoms with Crippen molar-refractivity contribution in [3.05, 3.63) is 77.9 Å². The molecule has 0 amide bonds. The van der Waals surface area contributed by atoms with E-state index in [0.717, 1.165) is 6.42 Å². The van der Waals surface area contributed by atoms with Gasteiger partial charge in [-0.25, -0.2) is 0 Å². The van der Waals surface area contributed by atoms with Crippen LogP contribution in [0, 0.1) is 0 Å². The average molecular weight is 234 g/mol. The van der Waals surface area contributed by atoms with Crippen LogP contribution < -0.4 is 0 Å². The molecule has 0 unspecified atom stereocenters. The molecule has 0 spiro atoms. The van der Waals surface area contributed by atoms with Crippen LogP contribution in [-0.2, 0) is 6.42 Å². The van der Waals surface area contributed by atoms with E-state index in [1.807, 2.05) is 12.1 Å². The molecule has 0 atom stereocenters. The highest BCUT2D eigenvalue weighted by Crippen LogP contribution is 2.22. The van der Waals surface area contributed by atoms with Crippen molar-refractivity contribution >= 4 is 10.8 Å². The van der Waals surface area contributed by atoms with Crippen molar-refractivity contribution in [2.75, 3.05) is 0 Å². The number of hydrogen-bond donors (Lipinski definition) is 1. The summed E-state index contributed by atoms with van der Waals surface area (Å²) in [5.41, 5.74) is 2.53. The second-order valence-corrected chi connectivity index (χ2v) is 4.48. The number of aromatic hydroxyl groups is 1. The minimum atomic E-state index is 0.316. The van der Waals surface area contributed by atoms with E-state index in [4.69, 9.17) is 0 Å². The standard InChI is InChI=1S/C17H14O/c18-16-10-8-13(9-11-16)12-15-6-3-5-14-4-1-2-7-17(14)15/h1-11,18H,12H2. The second-order valence-electron chi connectivity index (χ2n) is 4.48. The molecule has 1 N–H and O–H groups in total. The fourth-order valence-electron chi connectivity index (χ4n) is 2.28. The Morgan fingerprint density at radius 2 is 1.44 bits per heavy atom. The molecule has 3 rings (SSSR count). The fraction of sp³-hybridized carbons (Fsp3) is 0.0588. The molecule has 0 heterocycles. The molecular formula is C17H14O. The third-order valence-electron chi connectivity index (χ3n) is 3.21. The highest BCUT2D eigenvalue weighted by atomic mass is 16.3. The van der Waals surface area contributed by atoms with Crippen molar-refractivity contribution in [1.82, 2.24) is 0 Å². The maximum absolute atomic E-state index is 9.29. The van der Waals surface area contributed by atoms with Gasteiger partial charge in [0, 0.05) is 0 Å². The first-order chi connectivity index (χ1) is 8.83. The minimum absolute atomic E-state index is 0.316. The van der Waals surface area contributed by atoms with Gasteiger partial charge in [0.25, 0.3) is 0 Å². The van der Waals surface area contributed by atoms with E-state index in [2.05, 4.69) is 42.5 Å². The highest BCUT2D eigenvalue weighted by Gasteiger charge is 2.01. The smallest absolute Gasteiger partial charge is 0.115 e. The van der Waals surface area contributed by atoms with Crippen LogP contribution in [0.3, 0.4) is 0 Å². The molecule has 3 aromatic carbocycles. The lowest BCUT2D eigenvalue weighted by molar-refractivity contribution is 0.475. The first-order valence-corrected chi connectivity index (χ1v) is 6.07. The first-order valence-electron chi connectivity index (χ1n) is 6.07. The van der Waals surface area contributed by atoms with E-state index in [9.17, 15) is 5.11 Å². The number of rotatable bonds is 2. The van der Waals surface area contributed by atoms with Crippen molar-refractivity contribution in [3.8, 4) is 5.75 Å². The largest absolute Gasteiger partial charge is 0.508 e. The Hall–Kier alpha value is -2.28. The van der Waals surface area contributed by atoms with Gasteiger partial charge in [-0.2, -0.15) is 0 Å². The zero-order chi connectivity index (χ0) is 12.4. The quantitative estimate of drug-likeness (QED) is 0.706. The molecule has 0 aliphatic carbocycles. The Labute approximate surface area is 106 Å². The monoisotopic (exact) mass is 234 g/mol. The van der Waals surface area contributed by atoms with Crippen molar-refractivity contribution in [1.29, 1.82) is 0 Å². The lowest BCUT2D eigenvalue weighted by atomic mass is 9.98. The molecule has 0 radical (unpaired) electrons. The average Bonchev–Trinajstić information content (AvgIpc) is 2.42. The molecule has 18 heavy (non-hydrogen) atoms. The first kappa shape index (κ1) is 10.8. The molecule has 0 bridgehead atoms. The van der Waals surface area contributed by atoms with Gasteiger partial charge in [0.2, 0.25) is 0 Å². The molecule has 0 saturated carbocycles. The van der Waals surface area contributed by atoms with Crippen molar-refractivity contribution in [2.24, 2.45) is 0 Å². The minimum Gasteiger partial charge on any atom is -0.508 e. The topological polar surface area (TPSA) is 20.2 Å². The van der Waals surface area contributed by atoms with Gasteiger partial charge in [-0.05, 0) is 40.5 Å². The summed E-state index contributed by atoms with van der Waals surface area (Å²) < 4.78 is 0. The zero-order valence-corrected chi connectivity index (χ0v) is 10.0. The molecule has 0 saturated heterocycles. The Bertz CT molecular complexity index is 663. The summed E-state index contributed by atoms with van der Waals surface area (Å²) in [5.74, 6) is 0.316. The summed E-state index contributed by atoms with van der Waals surface area (Å²) in [6.07, 6.45) is 0.891. The van der Waals surface area contributed by atoms with Crippen LogP contribution in [0.4, 0.5) is 0 Å². The fourth-order valence-corrected chi connectivity index (χ4v) is 2.28. The molecule has 88 valence electrons. The van der Waals surface area contributed by atoms with E-state index >= 15 is 0 Å². The van der Waals surface area contributed by atoms with Gasteiger partial charge in [-0.1, -0.05) is 54.6 Å². The Morgan fingerprint density at radius 1 is 0.722 bits per heavy atom. The van der Waals surface area contributed by atoms with Crippen LogP contribution in [0.5, 0.6) is 5.75 Å². The molecule has 1 heteroatoms. The van der Waals surface area contributed by atoms with Crippen LogP contribution >= 0.6 is 0 Å². The van der Waals surface area contributed by atoms with E-state index in [1.54, 1.807) is 12.1 Å². The van der Waals surface area contributed by atoms with E-state index in [0.29, 0.717) is 5.75 Å². The number of fused-ring (bicyclic) bond motifs is 1. The summed E-state index contributed by atoms with van der Waals surface area (Å²) in [5, 5.41) is 11.9. The normalized spacial score (nSPS) is 10.7. The predicted octanol–water partition coefficient (Wildman–Crippen LogP) is 4.14. The Morgan fingerprint density at radius 3 is 2.28 bits per heavy atom. The Kier molecular flexibility index (Phi) is 2.73. The SMILES string of the molecule is Oc1ccc(Cc2cccc3ccccc23)cc1. The molecule has 0 fully saturated rings. The molecule has 0 aliphatic heterocycles. The molecule has 0 aromatic heterocycles. The van der Waals surface area contributed by atoms with Gasteiger partial charge in [-0.3, -0.25) is 0 Å². The molecular weight excluding hydrogens is 220 g/mol. The highest BCUT2D eigenvalue weighted by molar-refractivity contribution is 5.85. The van der Waals surface area contributed by atoms with Gasteiger partial charge < -0.3 is 5.11 Å². The van der Waals surface area contributed by atoms with Gasteiger partial charge in [-0.15, -0.1) is 0 Å². The summed E-state index contributed by atoms with van der Waals surface area (Å²) >= 11 is 0. The lowest BCUT2D eigenvalue weighted by Gasteiger charge is -2.06. The van der Waals surface area contributed by atoms with Crippen LogP contribution in [-0.4, -0.2) is 5.11 Å². The van der Waals surface area contributed by atoms with E-state index in [-0.39, 0.29) is 0 Å². The lowest BCUT2D eigenvalue weighted by Crippen LogP contribution is -1.89. The summed E-state index contributed by atoms with van der Waals surface area (Å²) in [6.45, 7) is 0. The summed E-state index contributed by atoms with van der Waals surface area (Å²) in [4.78, 5) is 0. The number of phenols is 1. The zero-order valence-electron chi connectivity index (χ0n) is 10.0. The number of benzene rings is 3. The molecule has 0 aliphatic rings. The summed E-state index contributed by atoms with van der Waals surface area (Å²) in [6, 6.07) is 22.2. The van der Waals surface area contributed by atoms with Crippen molar-refractivity contribution in [2.45, 2.75) is 6.42 Å². The third kappa shape index (κ3) is 2.07. The van der Waals surface area contributed by atoms with Crippen molar-refractivity contribution < 1.29 is 5.11 Å². The Balaban J connectivity index is 2.02. The molecule has 1 nitrogen and oxygen atoms in total. The maximum atomic E-state index is 9.29. The van der Waals surface area contributed by atoms with Crippen LogP contribution in [0.15, 0.2) is 66.7 Å². The van der Waals surface area contributed by atoms with Gasteiger partial charge in [0.05, 0.1) is 0 Å². The second kappa shape index (κ2) is 4.53. The van der Waals surface area contributed by atoms with Gasteiger partial charge in [0.15, 0.2) is 0 Å².